The van der Waals surface area contributed by atoms with Crippen molar-refractivity contribution in [3.8, 4) is 5.75 Å². The summed E-state index contributed by atoms with van der Waals surface area (Å²) in [7, 11) is 1.56. The molecule has 0 saturated carbocycles. The number of aromatic nitrogens is 1. The number of pyridine rings is 1. The standard InChI is InChI=1S/C10H13NO3/c1-7(3-10(12)13)8-4-9(14-2)6-11-5-8/h4-7H,3H2,1-2H3,(H,12,13). The molecule has 1 heterocycles. The van der Waals surface area contributed by atoms with E-state index in [0.717, 1.165) is 5.56 Å². The lowest BCUT2D eigenvalue weighted by molar-refractivity contribution is -0.137. The SMILES string of the molecule is COc1cncc(C(C)CC(=O)O)c1. The van der Waals surface area contributed by atoms with E-state index in [0.29, 0.717) is 5.75 Å². The molecule has 4 heteroatoms. The summed E-state index contributed by atoms with van der Waals surface area (Å²) in [4.78, 5) is 14.5. The molecule has 0 bridgehead atoms. The van der Waals surface area contributed by atoms with Crippen molar-refractivity contribution in [1.29, 1.82) is 0 Å². The summed E-state index contributed by atoms with van der Waals surface area (Å²) in [6.45, 7) is 1.85. The molecule has 1 atom stereocenters. The van der Waals surface area contributed by atoms with E-state index in [1.807, 2.05) is 6.92 Å². The zero-order valence-corrected chi connectivity index (χ0v) is 8.23. The number of ether oxygens (including phenoxy) is 1. The van der Waals surface area contributed by atoms with Crippen LogP contribution in [0.1, 0.15) is 24.8 Å². The van der Waals surface area contributed by atoms with Gasteiger partial charge in [-0.15, -0.1) is 0 Å². The second kappa shape index (κ2) is 4.60. The fraction of sp³-hybridized carbons (Fsp3) is 0.400. The van der Waals surface area contributed by atoms with Crippen LogP contribution >= 0.6 is 0 Å². The summed E-state index contributed by atoms with van der Waals surface area (Å²) in [6.07, 6.45) is 3.36. The van der Waals surface area contributed by atoms with Crippen LogP contribution < -0.4 is 4.74 Å². The maximum Gasteiger partial charge on any atom is 0.303 e. The smallest absolute Gasteiger partial charge is 0.303 e. The molecular formula is C10H13NO3. The molecule has 4 nitrogen and oxygen atoms in total. The number of aliphatic carboxylic acids is 1. The number of nitrogens with zero attached hydrogens (tertiary/aromatic N) is 1. The monoisotopic (exact) mass is 195 g/mol. The van der Waals surface area contributed by atoms with Gasteiger partial charge in [-0.05, 0) is 17.5 Å². The molecule has 1 aromatic rings. The predicted molar refractivity (Wildman–Crippen MR) is 51.5 cm³/mol. The fourth-order valence-electron chi connectivity index (χ4n) is 1.20. The summed E-state index contributed by atoms with van der Waals surface area (Å²) >= 11 is 0. The minimum absolute atomic E-state index is 0.0462. The van der Waals surface area contributed by atoms with Crippen LogP contribution in [0, 0.1) is 0 Å². The van der Waals surface area contributed by atoms with Gasteiger partial charge < -0.3 is 9.84 Å². The van der Waals surface area contributed by atoms with Gasteiger partial charge in [0.25, 0.3) is 0 Å². The van der Waals surface area contributed by atoms with Crippen LogP contribution in [0.25, 0.3) is 0 Å². The second-order valence-electron chi connectivity index (χ2n) is 3.16. The molecule has 0 radical (unpaired) electrons. The van der Waals surface area contributed by atoms with Gasteiger partial charge in [-0.3, -0.25) is 9.78 Å². The third-order valence-electron chi connectivity index (χ3n) is 2.02. The van der Waals surface area contributed by atoms with E-state index < -0.39 is 5.97 Å². The topological polar surface area (TPSA) is 59.4 Å². The summed E-state index contributed by atoms with van der Waals surface area (Å²) < 4.78 is 5.00. The van der Waals surface area contributed by atoms with E-state index in [9.17, 15) is 4.79 Å². The Morgan fingerprint density at radius 3 is 2.93 bits per heavy atom. The van der Waals surface area contributed by atoms with Crippen molar-refractivity contribution in [3.63, 3.8) is 0 Å². The van der Waals surface area contributed by atoms with Crippen LogP contribution in [0.3, 0.4) is 0 Å². The summed E-state index contributed by atoms with van der Waals surface area (Å²) in [5.41, 5.74) is 0.881. The van der Waals surface area contributed by atoms with Gasteiger partial charge in [0.15, 0.2) is 0 Å². The molecule has 0 saturated heterocycles. The molecule has 1 N–H and O–H groups in total. The molecule has 0 aliphatic carbocycles. The molecule has 1 rings (SSSR count). The molecule has 0 fully saturated rings. The molecular weight excluding hydrogens is 182 g/mol. The highest BCUT2D eigenvalue weighted by molar-refractivity contribution is 5.67. The fourth-order valence-corrected chi connectivity index (χ4v) is 1.20. The van der Waals surface area contributed by atoms with Gasteiger partial charge in [0, 0.05) is 6.20 Å². The maximum atomic E-state index is 10.5. The number of carboxylic acids is 1. The molecule has 14 heavy (non-hydrogen) atoms. The summed E-state index contributed by atoms with van der Waals surface area (Å²) in [5.74, 6) is -0.199. The highest BCUT2D eigenvalue weighted by Crippen LogP contribution is 2.21. The quantitative estimate of drug-likeness (QED) is 0.793. The number of hydrogen-bond acceptors (Lipinski definition) is 3. The Balaban J connectivity index is 2.78. The summed E-state index contributed by atoms with van der Waals surface area (Å²) in [6, 6.07) is 1.81. The molecule has 0 aromatic carbocycles. The third-order valence-corrected chi connectivity index (χ3v) is 2.02. The molecule has 0 spiro atoms. The Hall–Kier alpha value is -1.58. The molecule has 0 aliphatic heterocycles. The maximum absolute atomic E-state index is 10.5. The number of rotatable bonds is 4. The van der Waals surface area contributed by atoms with Crippen LogP contribution in [-0.4, -0.2) is 23.2 Å². The van der Waals surface area contributed by atoms with Gasteiger partial charge in [-0.25, -0.2) is 0 Å². The van der Waals surface area contributed by atoms with Crippen LogP contribution in [0.2, 0.25) is 0 Å². The molecule has 76 valence electrons. The van der Waals surface area contributed by atoms with Gasteiger partial charge in [-0.1, -0.05) is 6.92 Å². The van der Waals surface area contributed by atoms with Gasteiger partial charge in [0.05, 0.1) is 19.7 Å². The van der Waals surface area contributed by atoms with E-state index in [4.69, 9.17) is 9.84 Å². The number of hydrogen-bond donors (Lipinski definition) is 1. The van der Waals surface area contributed by atoms with E-state index in [1.54, 1.807) is 25.6 Å². The predicted octanol–water partition coefficient (Wildman–Crippen LogP) is 1.67. The first-order chi connectivity index (χ1) is 6.63. The Kier molecular flexibility index (Phi) is 3.45. The van der Waals surface area contributed by atoms with Crippen LogP contribution in [0.5, 0.6) is 5.75 Å². The Labute approximate surface area is 82.5 Å². The van der Waals surface area contributed by atoms with Gasteiger partial charge in [0.1, 0.15) is 5.75 Å². The lowest BCUT2D eigenvalue weighted by Crippen LogP contribution is -2.03. The largest absolute Gasteiger partial charge is 0.495 e. The van der Waals surface area contributed by atoms with Gasteiger partial charge in [0.2, 0.25) is 0 Å². The number of methoxy groups -OCH3 is 1. The van der Waals surface area contributed by atoms with Crippen molar-refractivity contribution in [2.75, 3.05) is 7.11 Å². The van der Waals surface area contributed by atoms with Crippen LogP contribution in [-0.2, 0) is 4.79 Å². The van der Waals surface area contributed by atoms with E-state index in [1.165, 1.54) is 0 Å². The van der Waals surface area contributed by atoms with Crippen molar-refractivity contribution in [3.05, 3.63) is 24.0 Å². The van der Waals surface area contributed by atoms with Crippen molar-refractivity contribution >= 4 is 5.97 Å². The first-order valence-corrected chi connectivity index (χ1v) is 4.34. The number of carboxylic acid groups (broad SMARTS) is 1. The highest BCUT2D eigenvalue weighted by Gasteiger charge is 2.10. The van der Waals surface area contributed by atoms with E-state index in [2.05, 4.69) is 4.98 Å². The Morgan fingerprint density at radius 1 is 1.64 bits per heavy atom. The average molecular weight is 195 g/mol. The first-order valence-electron chi connectivity index (χ1n) is 4.34. The van der Waals surface area contributed by atoms with Gasteiger partial charge >= 0.3 is 5.97 Å². The lowest BCUT2D eigenvalue weighted by Gasteiger charge is -2.09. The van der Waals surface area contributed by atoms with Crippen molar-refractivity contribution in [1.82, 2.24) is 4.98 Å². The van der Waals surface area contributed by atoms with Crippen molar-refractivity contribution in [2.24, 2.45) is 0 Å². The minimum atomic E-state index is -0.805. The summed E-state index contributed by atoms with van der Waals surface area (Å²) in [5, 5.41) is 8.62. The van der Waals surface area contributed by atoms with Crippen LogP contribution in [0.15, 0.2) is 18.5 Å². The number of carbonyl (C=O) groups is 1. The molecule has 0 amide bonds. The van der Waals surface area contributed by atoms with E-state index in [-0.39, 0.29) is 12.3 Å². The lowest BCUT2D eigenvalue weighted by atomic mass is 10.00. The van der Waals surface area contributed by atoms with Crippen LogP contribution in [0.4, 0.5) is 0 Å². The third kappa shape index (κ3) is 2.73. The molecule has 0 aliphatic rings. The normalized spacial score (nSPS) is 12.1. The Morgan fingerprint density at radius 2 is 2.36 bits per heavy atom. The minimum Gasteiger partial charge on any atom is -0.495 e. The second-order valence-corrected chi connectivity index (χ2v) is 3.16. The first kappa shape index (κ1) is 10.5. The van der Waals surface area contributed by atoms with Crippen molar-refractivity contribution in [2.45, 2.75) is 19.3 Å². The van der Waals surface area contributed by atoms with Gasteiger partial charge in [-0.2, -0.15) is 0 Å². The van der Waals surface area contributed by atoms with Crippen molar-refractivity contribution < 1.29 is 14.6 Å². The average Bonchev–Trinajstić information content (AvgIpc) is 2.17. The molecule has 1 aromatic heterocycles. The molecule has 1 unspecified atom stereocenters. The zero-order valence-electron chi connectivity index (χ0n) is 8.23. The zero-order chi connectivity index (χ0) is 10.6. The highest BCUT2D eigenvalue weighted by atomic mass is 16.5. The Bertz CT molecular complexity index is 325. The van der Waals surface area contributed by atoms with E-state index >= 15 is 0 Å².